The Morgan fingerprint density at radius 3 is 2.76 bits per heavy atom. The summed E-state index contributed by atoms with van der Waals surface area (Å²) in [5.41, 5.74) is 4.00. The van der Waals surface area contributed by atoms with Gasteiger partial charge < -0.3 is 10.6 Å². The lowest BCUT2D eigenvalue weighted by molar-refractivity contribution is 0.240. The first kappa shape index (κ1) is 13.5. The number of rotatable bonds is 4. The number of fused-ring (bicyclic) bond motifs is 1. The van der Waals surface area contributed by atoms with Gasteiger partial charge in [0.1, 0.15) is 0 Å². The van der Waals surface area contributed by atoms with Gasteiger partial charge in [-0.05, 0) is 42.4 Å². The van der Waals surface area contributed by atoms with Gasteiger partial charge in [-0.3, -0.25) is 0 Å². The van der Waals surface area contributed by atoms with E-state index in [1.807, 2.05) is 0 Å². The van der Waals surface area contributed by atoms with Gasteiger partial charge in [0.2, 0.25) is 0 Å². The van der Waals surface area contributed by atoms with Crippen molar-refractivity contribution in [3.8, 4) is 0 Å². The number of amides is 2. The first-order chi connectivity index (χ1) is 10.3. The standard InChI is InChI=1S/C14H18N6O/c21-14(16-9-13-17-19-20-18-13)15-8-10-5-6-11-3-1-2-4-12(11)7-10/h5-7H,1-4,8-9H2,(H2,15,16,21)(H,17,18,19,20). The fraction of sp³-hybridized carbons (Fsp3) is 0.429. The van der Waals surface area contributed by atoms with Gasteiger partial charge in [0.05, 0.1) is 6.54 Å². The van der Waals surface area contributed by atoms with Crippen LogP contribution in [0.3, 0.4) is 0 Å². The Balaban J connectivity index is 1.49. The molecule has 2 aromatic rings. The monoisotopic (exact) mass is 286 g/mol. The average Bonchev–Trinajstić information content (AvgIpc) is 3.04. The maximum Gasteiger partial charge on any atom is 0.315 e. The number of urea groups is 1. The normalized spacial score (nSPS) is 13.5. The Morgan fingerprint density at radius 2 is 1.95 bits per heavy atom. The fourth-order valence-corrected chi connectivity index (χ4v) is 2.56. The zero-order valence-electron chi connectivity index (χ0n) is 11.7. The molecule has 1 aliphatic rings. The first-order valence-electron chi connectivity index (χ1n) is 7.16. The van der Waals surface area contributed by atoms with Crippen molar-refractivity contribution in [3.63, 3.8) is 0 Å². The van der Waals surface area contributed by atoms with Crippen LogP contribution in [0.2, 0.25) is 0 Å². The fourth-order valence-electron chi connectivity index (χ4n) is 2.56. The second-order valence-corrected chi connectivity index (χ2v) is 5.17. The van der Waals surface area contributed by atoms with E-state index in [0.717, 1.165) is 12.0 Å². The number of nitrogens with zero attached hydrogens (tertiary/aromatic N) is 3. The smallest absolute Gasteiger partial charge is 0.315 e. The molecule has 0 unspecified atom stereocenters. The molecular weight excluding hydrogens is 268 g/mol. The molecule has 1 heterocycles. The summed E-state index contributed by atoms with van der Waals surface area (Å²) in [7, 11) is 0. The second kappa shape index (κ2) is 6.34. The molecule has 0 bridgehead atoms. The lowest BCUT2D eigenvalue weighted by Gasteiger charge is -2.16. The van der Waals surface area contributed by atoms with Crippen LogP contribution in [0.4, 0.5) is 4.79 Å². The van der Waals surface area contributed by atoms with E-state index in [1.165, 1.54) is 30.4 Å². The van der Waals surface area contributed by atoms with Crippen molar-refractivity contribution in [3.05, 3.63) is 40.7 Å². The number of carbonyl (C=O) groups excluding carboxylic acids is 1. The minimum absolute atomic E-state index is 0.238. The number of benzene rings is 1. The highest BCUT2D eigenvalue weighted by Crippen LogP contribution is 2.22. The Kier molecular flexibility index (Phi) is 4.09. The van der Waals surface area contributed by atoms with E-state index in [4.69, 9.17) is 0 Å². The molecule has 21 heavy (non-hydrogen) atoms. The summed E-state index contributed by atoms with van der Waals surface area (Å²) >= 11 is 0. The molecule has 3 rings (SSSR count). The lowest BCUT2D eigenvalue weighted by atomic mass is 9.90. The van der Waals surface area contributed by atoms with Crippen LogP contribution in [0.25, 0.3) is 0 Å². The lowest BCUT2D eigenvalue weighted by Crippen LogP contribution is -2.34. The number of hydrogen-bond acceptors (Lipinski definition) is 4. The second-order valence-electron chi connectivity index (χ2n) is 5.17. The molecule has 0 fully saturated rings. The Bertz CT molecular complexity index is 610. The third-order valence-corrected chi connectivity index (χ3v) is 3.66. The van der Waals surface area contributed by atoms with Crippen LogP contribution in [-0.4, -0.2) is 26.7 Å². The quantitative estimate of drug-likeness (QED) is 0.783. The van der Waals surface area contributed by atoms with Gasteiger partial charge in [0.25, 0.3) is 0 Å². The van der Waals surface area contributed by atoms with E-state index < -0.39 is 0 Å². The van der Waals surface area contributed by atoms with E-state index >= 15 is 0 Å². The number of aryl methyl sites for hydroxylation is 2. The van der Waals surface area contributed by atoms with Crippen molar-refractivity contribution < 1.29 is 4.79 Å². The molecule has 7 heteroatoms. The van der Waals surface area contributed by atoms with E-state index in [0.29, 0.717) is 12.4 Å². The number of carbonyl (C=O) groups is 1. The summed E-state index contributed by atoms with van der Waals surface area (Å²) in [6, 6.07) is 6.23. The summed E-state index contributed by atoms with van der Waals surface area (Å²) in [6.07, 6.45) is 4.86. The summed E-state index contributed by atoms with van der Waals surface area (Å²) < 4.78 is 0. The maximum absolute atomic E-state index is 11.7. The number of aromatic nitrogens is 4. The van der Waals surface area contributed by atoms with Crippen LogP contribution in [0.1, 0.15) is 35.4 Å². The molecule has 0 saturated heterocycles. The molecule has 0 aliphatic heterocycles. The number of tetrazole rings is 1. The number of hydrogen-bond donors (Lipinski definition) is 3. The third-order valence-electron chi connectivity index (χ3n) is 3.66. The predicted molar refractivity (Wildman–Crippen MR) is 76.3 cm³/mol. The van der Waals surface area contributed by atoms with Gasteiger partial charge in [-0.2, -0.15) is 5.21 Å². The highest BCUT2D eigenvalue weighted by atomic mass is 16.2. The van der Waals surface area contributed by atoms with Crippen molar-refractivity contribution >= 4 is 6.03 Å². The Morgan fingerprint density at radius 1 is 1.14 bits per heavy atom. The van der Waals surface area contributed by atoms with Crippen molar-refractivity contribution in [2.24, 2.45) is 0 Å². The molecule has 1 aliphatic carbocycles. The van der Waals surface area contributed by atoms with Crippen LogP contribution >= 0.6 is 0 Å². The van der Waals surface area contributed by atoms with Crippen LogP contribution < -0.4 is 10.6 Å². The van der Waals surface area contributed by atoms with Gasteiger partial charge >= 0.3 is 6.03 Å². The van der Waals surface area contributed by atoms with Crippen LogP contribution in [0, 0.1) is 0 Å². The van der Waals surface area contributed by atoms with Gasteiger partial charge in [0.15, 0.2) is 5.82 Å². The van der Waals surface area contributed by atoms with E-state index in [2.05, 4.69) is 49.5 Å². The number of H-pyrrole nitrogens is 1. The van der Waals surface area contributed by atoms with Gasteiger partial charge in [-0.1, -0.05) is 23.4 Å². The molecule has 0 saturated carbocycles. The highest BCUT2D eigenvalue weighted by molar-refractivity contribution is 5.73. The van der Waals surface area contributed by atoms with E-state index in [9.17, 15) is 4.79 Å². The molecule has 0 atom stereocenters. The summed E-state index contributed by atoms with van der Waals surface area (Å²) in [5.74, 6) is 0.457. The van der Waals surface area contributed by atoms with Crippen molar-refractivity contribution in [1.82, 2.24) is 31.3 Å². The van der Waals surface area contributed by atoms with Gasteiger partial charge in [0, 0.05) is 6.54 Å². The van der Waals surface area contributed by atoms with Crippen LogP contribution in [0.15, 0.2) is 18.2 Å². The third kappa shape index (κ3) is 3.56. The zero-order valence-corrected chi connectivity index (χ0v) is 11.7. The zero-order chi connectivity index (χ0) is 14.5. The first-order valence-corrected chi connectivity index (χ1v) is 7.16. The van der Waals surface area contributed by atoms with Crippen molar-refractivity contribution in [2.75, 3.05) is 0 Å². The van der Waals surface area contributed by atoms with Crippen molar-refractivity contribution in [2.45, 2.75) is 38.8 Å². The van der Waals surface area contributed by atoms with E-state index in [-0.39, 0.29) is 12.6 Å². The predicted octanol–water partition coefficient (Wildman–Crippen LogP) is 1.08. The number of nitrogens with one attached hydrogen (secondary N) is 3. The molecule has 7 nitrogen and oxygen atoms in total. The summed E-state index contributed by atoms with van der Waals surface area (Å²) in [6.45, 7) is 0.776. The van der Waals surface area contributed by atoms with Crippen LogP contribution in [-0.2, 0) is 25.9 Å². The van der Waals surface area contributed by atoms with Gasteiger partial charge in [-0.25, -0.2) is 4.79 Å². The average molecular weight is 286 g/mol. The van der Waals surface area contributed by atoms with E-state index in [1.54, 1.807) is 0 Å². The Labute approximate surface area is 122 Å². The molecular formula is C14H18N6O. The SMILES string of the molecule is O=C(NCc1ccc2c(c1)CCCC2)NCc1nn[nH]n1. The van der Waals surface area contributed by atoms with Crippen molar-refractivity contribution in [1.29, 1.82) is 0 Å². The molecule has 1 aromatic heterocycles. The van der Waals surface area contributed by atoms with Gasteiger partial charge in [-0.15, -0.1) is 10.2 Å². The molecule has 1 aromatic carbocycles. The largest absolute Gasteiger partial charge is 0.334 e. The molecule has 0 radical (unpaired) electrons. The summed E-state index contributed by atoms with van der Waals surface area (Å²) in [5, 5.41) is 18.8. The molecule has 3 N–H and O–H groups in total. The minimum Gasteiger partial charge on any atom is -0.334 e. The minimum atomic E-state index is -0.238. The number of aromatic amines is 1. The van der Waals surface area contributed by atoms with Crippen LogP contribution in [0.5, 0.6) is 0 Å². The molecule has 2 amide bonds. The topological polar surface area (TPSA) is 95.6 Å². The Hall–Kier alpha value is -2.44. The highest BCUT2D eigenvalue weighted by Gasteiger charge is 2.10. The summed E-state index contributed by atoms with van der Waals surface area (Å²) in [4.78, 5) is 11.7. The molecule has 110 valence electrons. The molecule has 0 spiro atoms. The maximum atomic E-state index is 11.7.